The lowest BCUT2D eigenvalue weighted by Crippen LogP contribution is -2.24. The van der Waals surface area contributed by atoms with E-state index in [1.807, 2.05) is 6.92 Å². The van der Waals surface area contributed by atoms with E-state index in [2.05, 4.69) is 213 Å². The summed E-state index contributed by atoms with van der Waals surface area (Å²) >= 11 is 0. The summed E-state index contributed by atoms with van der Waals surface area (Å²) in [5, 5.41) is 11.4. The van der Waals surface area contributed by atoms with Crippen molar-refractivity contribution in [1.82, 2.24) is 4.57 Å². The van der Waals surface area contributed by atoms with Crippen LogP contribution in [0.25, 0.3) is 60.2 Å². The first-order valence-corrected chi connectivity index (χ1v) is 20.7. The van der Waals surface area contributed by atoms with Gasteiger partial charge in [0, 0.05) is 38.5 Å². The van der Waals surface area contributed by atoms with Gasteiger partial charge in [-0.05, 0) is 113 Å². The highest BCUT2D eigenvalue weighted by atomic mass is 15.0. The lowest BCUT2D eigenvalue weighted by Gasteiger charge is -2.33. The fraction of sp³-hybridized carbons (Fsp3) is 0.143. The van der Waals surface area contributed by atoms with Gasteiger partial charge in [-0.1, -0.05) is 166 Å². The molecule has 2 nitrogen and oxygen atoms in total. The van der Waals surface area contributed by atoms with E-state index in [0.717, 1.165) is 41.8 Å². The Morgan fingerprint density at radius 2 is 1.45 bits per heavy atom. The first-order valence-electron chi connectivity index (χ1n) is 20.7. The van der Waals surface area contributed by atoms with Crippen LogP contribution in [0, 0.1) is 6.92 Å². The summed E-state index contributed by atoms with van der Waals surface area (Å²) in [7, 11) is 0. The molecule has 0 amide bonds. The zero-order valence-electron chi connectivity index (χ0n) is 34.0. The Bertz CT molecular complexity index is 3020. The van der Waals surface area contributed by atoms with Crippen LogP contribution in [0.1, 0.15) is 50.3 Å². The number of nitrogens with zero attached hydrogens (tertiary/aromatic N) is 1. The van der Waals surface area contributed by atoms with E-state index in [1.54, 1.807) is 0 Å². The second-order valence-electron chi connectivity index (χ2n) is 16.0. The van der Waals surface area contributed by atoms with Crippen LogP contribution in [0.3, 0.4) is 0 Å². The highest BCUT2D eigenvalue weighted by Crippen LogP contribution is 2.43. The van der Waals surface area contributed by atoms with Crippen molar-refractivity contribution in [2.24, 2.45) is 0 Å². The molecule has 0 saturated carbocycles. The van der Waals surface area contributed by atoms with E-state index in [4.69, 9.17) is 0 Å². The second-order valence-corrected chi connectivity index (χ2v) is 16.0. The van der Waals surface area contributed by atoms with Crippen molar-refractivity contribution in [3.05, 3.63) is 216 Å². The van der Waals surface area contributed by atoms with Crippen LogP contribution in [0.5, 0.6) is 0 Å². The lowest BCUT2D eigenvalue weighted by atomic mass is 9.73. The molecule has 0 aliphatic heterocycles. The van der Waals surface area contributed by atoms with Gasteiger partial charge in [0.25, 0.3) is 0 Å². The minimum Gasteiger partial charge on any atom is -0.355 e. The topological polar surface area (TPSA) is 17.0 Å². The molecule has 1 unspecified atom stereocenters. The predicted molar refractivity (Wildman–Crippen MR) is 251 cm³/mol. The molecule has 1 aliphatic carbocycles. The van der Waals surface area contributed by atoms with Gasteiger partial charge in [-0.25, -0.2) is 0 Å². The fourth-order valence-electron chi connectivity index (χ4n) is 9.06. The maximum atomic E-state index is 4.61. The van der Waals surface area contributed by atoms with Gasteiger partial charge in [-0.3, -0.25) is 0 Å². The summed E-state index contributed by atoms with van der Waals surface area (Å²) in [6.07, 6.45) is 16.2. The molecule has 1 N–H and O–H groups in total. The van der Waals surface area contributed by atoms with Gasteiger partial charge in [0.05, 0.1) is 16.7 Å². The third-order valence-corrected chi connectivity index (χ3v) is 12.1. The number of hydrogen-bond donors (Lipinski definition) is 1. The summed E-state index contributed by atoms with van der Waals surface area (Å²) in [5.41, 5.74) is 14.3. The number of allylic oxidation sites excluding steroid dienone is 7. The zero-order chi connectivity index (χ0) is 39.8. The maximum Gasteiger partial charge on any atom is 0.0546 e. The SMILES string of the molecule is C=C(/C=C\C=C/C)C1=CC(C)(c2ccc(C)c(-c3ccccc3CCC)c2)CC=C1Nc1ccc2c(c1)c1ccccc1n2-c1cc2ccccc2c2ccccc12. The molecule has 1 aromatic heterocycles. The third-order valence-electron chi connectivity index (χ3n) is 12.1. The van der Waals surface area contributed by atoms with Crippen LogP contribution in [0.15, 0.2) is 199 Å². The number of aromatic nitrogens is 1. The normalized spacial score (nSPS) is 15.9. The van der Waals surface area contributed by atoms with E-state index in [0.29, 0.717) is 0 Å². The molecule has 284 valence electrons. The molecule has 7 aromatic carbocycles. The summed E-state index contributed by atoms with van der Waals surface area (Å²) in [6, 6.07) is 51.5. The number of aryl methyl sites for hydroxylation is 2. The highest BCUT2D eigenvalue weighted by molar-refractivity contribution is 6.15. The molecule has 1 heterocycles. The first kappa shape index (κ1) is 37.0. The van der Waals surface area contributed by atoms with Crippen molar-refractivity contribution in [1.29, 1.82) is 0 Å². The highest BCUT2D eigenvalue weighted by Gasteiger charge is 2.30. The summed E-state index contributed by atoms with van der Waals surface area (Å²) in [6.45, 7) is 13.5. The van der Waals surface area contributed by atoms with E-state index >= 15 is 0 Å². The van der Waals surface area contributed by atoms with Crippen molar-refractivity contribution in [3.63, 3.8) is 0 Å². The van der Waals surface area contributed by atoms with Crippen LogP contribution in [-0.4, -0.2) is 4.57 Å². The average molecular weight is 751 g/mol. The Kier molecular flexibility index (Phi) is 9.79. The minimum atomic E-state index is -0.222. The van der Waals surface area contributed by atoms with E-state index < -0.39 is 0 Å². The molecule has 58 heavy (non-hydrogen) atoms. The van der Waals surface area contributed by atoms with E-state index in [1.165, 1.54) is 76.9 Å². The third kappa shape index (κ3) is 6.59. The standard InChI is InChI=1S/C56H50N2/c1-6-8-9-19-38(3)51-37-56(5,42-29-28-39(4)49(35-42)44-22-12-10-20-40(44)18-7-2)33-32-52(51)57-43-30-31-54-50(36-43)48-26-16-17-27-53(48)58(54)55-34-41-21-11-13-23-45(41)46-24-14-15-25-47(46)55/h6,8-17,19-32,34-37,57H,3,7,18,33H2,1-2,4-5H3/b8-6-,19-9-. The molecule has 0 saturated heterocycles. The van der Waals surface area contributed by atoms with Crippen LogP contribution < -0.4 is 5.32 Å². The predicted octanol–water partition coefficient (Wildman–Crippen LogP) is 15.3. The zero-order valence-corrected chi connectivity index (χ0v) is 34.0. The minimum absolute atomic E-state index is 0.222. The molecular formula is C56H50N2. The van der Waals surface area contributed by atoms with Crippen molar-refractivity contribution in [2.75, 3.05) is 5.32 Å². The number of fused-ring (bicyclic) bond motifs is 6. The van der Waals surface area contributed by atoms with Gasteiger partial charge in [-0.15, -0.1) is 0 Å². The van der Waals surface area contributed by atoms with Crippen molar-refractivity contribution in [3.8, 4) is 16.8 Å². The van der Waals surface area contributed by atoms with Crippen molar-refractivity contribution >= 4 is 49.0 Å². The van der Waals surface area contributed by atoms with Crippen LogP contribution in [0.4, 0.5) is 5.69 Å². The average Bonchev–Trinajstić information content (AvgIpc) is 3.58. The number of para-hydroxylation sites is 1. The fourth-order valence-corrected chi connectivity index (χ4v) is 9.06. The van der Waals surface area contributed by atoms with Crippen molar-refractivity contribution in [2.45, 2.75) is 52.4 Å². The van der Waals surface area contributed by atoms with E-state index in [9.17, 15) is 0 Å². The molecule has 1 atom stereocenters. The molecule has 9 rings (SSSR count). The van der Waals surface area contributed by atoms with Gasteiger partial charge < -0.3 is 9.88 Å². The molecule has 2 heteroatoms. The Morgan fingerprint density at radius 3 is 2.28 bits per heavy atom. The Balaban J connectivity index is 1.13. The molecule has 1 aliphatic rings. The summed E-state index contributed by atoms with van der Waals surface area (Å²) in [4.78, 5) is 0. The van der Waals surface area contributed by atoms with Gasteiger partial charge in [0.1, 0.15) is 0 Å². The van der Waals surface area contributed by atoms with Crippen LogP contribution in [0.2, 0.25) is 0 Å². The molecule has 0 fully saturated rings. The Labute approximate surface area is 342 Å². The van der Waals surface area contributed by atoms with Crippen LogP contribution >= 0.6 is 0 Å². The number of rotatable bonds is 10. The quantitative estimate of drug-likeness (QED) is 0.109. The number of hydrogen-bond acceptors (Lipinski definition) is 1. The maximum absolute atomic E-state index is 4.61. The molecular weight excluding hydrogens is 701 g/mol. The van der Waals surface area contributed by atoms with Gasteiger partial charge in [0.15, 0.2) is 0 Å². The largest absolute Gasteiger partial charge is 0.355 e. The Hall–Kier alpha value is -6.64. The first-order chi connectivity index (χ1) is 28.4. The Morgan fingerprint density at radius 1 is 0.724 bits per heavy atom. The summed E-state index contributed by atoms with van der Waals surface area (Å²) < 4.78 is 2.45. The van der Waals surface area contributed by atoms with Crippen molar-refractivity contribution < 1.29 is 0 Å². The second kappa shape index (κ2) is 15.4. The van der Waals surface area contributed by atoms with Gasteiger partial charge in [0.2, 0.25) is 0 Å². The lowest BCUT2D eigenvalue weighted by molar-refractivity contribution is 0.592. The molecule has 8 aromatic rings. The van der Waals surface area contributed by atoms with Gasteiger partial charge >= 0.3 is 0 Å². The molecule has 0 bridgehead atoms. The monoisotopic (exact) mass is 750 g/mol. The van der Waals surface area contributed by atoms with E-state index in [-0.39, 0.29) is 5.41 Å². The van der Waals surface area contributed by atoms with Crippen LogP contribution in [-0.2, 0) is 11.8 Å². The van der Waals surface area contributed by atoms with Gasteiger partial charge in [-0.2, -0.15) is 0 Å². The molecule has 0 radical (unpaired) electrons. The number of nitrogens with one attached hydrogen (secondary N) is 1. The molecule has 0 spiro atoms. The number of anilines is 1. The smallest absolute Gasteiger partial charge is 0.0546 e. The number of benzene rings is 7. The summed E-state index contributed by atoms with van der Waals surface area (Å²) in [5.74, 6) is 0.